The van der Waals surface area contributed by atoms with Gasteiger partial charge < -0.3 is 4.74 Å². The molecule has 0 saturated carbocycles. The zero-order valence-corrected chi connectivity index (χ0v) is 12.7. The Balaban J connectivity index is 2.14. The molecule has 0 saturated heterocycles. The number of benzene rings is 1. The van der Waals surface area contributed by atoms with Crippen LogP contribution in [0.3, 0.4) is 0 Å². The monoisotopic (exact) mass is 307 g/mol. The first-order valence-electron chi connectivity index (χ1n) is 6.02. The van der Waals surface area contributed by atoms with Gasteiger partial charge >= 0.3 is 5.97 Å². The quantitative estimate of drug-likeness (QED) is 0.487. The minimum atomic E-state index is -0.357. The Kier molecular flexibility index (Phi) is 5.03. The summed E-state index contributed by atoms with van der Waals surface area (Å²) < 4.78 is 5.74. The molecule has 1 aromatic carbocycles. The summed E-state index contributed by atoms with van der Waals surface area (Å²) in [6.45, 7) is 3.37. The number of hydrogen-bond donors (Lipinski definition) is 0. The van der Waals surface area contributed by atoms with Crippen molar-refractivity contribution < 1.29 is 14.3 Å². The Morgan fingerprint density at radius 3 is 2.70 bits per heavy atom. The summed E-state index contributed by atoms with van der Waals surface area (Å²) in [5, 5.41) is -0.0370. The highest BCUT2D eigenvalue weighted by Crippen LogP contribution is 2.30. The molecule has 104 valence electrons. The van der Waals surface area contributed by atoms with Crippen molar-refractivity contribution in [3.8, 4) is 5.75 Å². The second-order valence-electron chi connectivity index (χ2n) is 3.89. The maximum atomic E-state index is 11.8. The normalized spacial score (nSPS) is 16.4. The molecule has 2 rings (SSSR count). The molecule has 6 heteroatoms. The summed E-state index contributed by atoms with van der Waals surface area (Å²) in [5.41, 5.74) is 1.29. The average Bonchev–Trinajstić information content (AvgIpc) is 2.72. The lowest BCUT2D eigenvalue weighted by molar-refractivity contribution is -0.131. The van der Waals surface area contributed by atoms with E-state index < -0.39 is 0 Å². The molecule has 1 aliphatic rings. The van der Waals surface area contributed by atoms with E-state index in [9.17, 15) is 9.59 Å². The van der Waals surface area contributed by atoms with E-state index in [0.29, 0.717) is 11.4 Å². The maximum Gasteiger partial charge on any atom is 0.308 e. The minimum absolute atomic E-state index is 0.0370. The van der Waals surface area contributed by atoms with E-state index in [1.165, 1.54) is 18.7 Å². The third kappa shape index (κ3) is 3.98. The molecule has 0 fully saturated rings. The van der Waals surface area contributed by atoms with E-state index in [4.69, 9.17) is 4.74 Å². The molecule has 0 N–H and O–H groups in total. The third-order valence-electron chi connectivity index (χ3n) is 2.31. The summed E-state index contributed by atoms with van der Waals surface area (Å²) in [5.74, 6) is 1.02. The molecule has 0 spiro atoms. The highest BCUT2D eigenvalue weighted by Gasteiger charge is 2.21. The van der Waals surface area contributed by atoms with Gasteiger partial charge in [-0.1, -0.05) is 30.8 Å². The Morgan fingerprint density at radius 2 is 2.10 bits per heavy atom. The lowest BCUT2D eigenvalue weighted by Crippen LogP contribution is -2.00. The summed E-state index contributed by atoms with van der Waals surface area (Å²) in [6.07, 6.45) is 1.73. The van der Waals surface area contributed by atoms with Crippen LogP contribution in [-0.4, -0.2) is 21.2 Å². The van der Waals surface area contributed by atoms with Crippen LogP contribution in [0, 0.1) is 0 Å². The summed E-state index contributed by atoms with van der Waals surface area (Å²) in [4.78, 5) is 26.9. The molecular formula is C14H13NO3S2. The van der Waals surface area contributed by atoms with Crippen LogP contribution in [0.4, 0.5) is 0 Å². The van der Waals surface area contributed by atoms with Gasteiger partial charge in [0.05, 0.1) is 0 Å². The number of aliphatic imine (C=N–C) groups is 1. The second kappa shape index (κ2) is 6.76. The number of hydrogen-bond acceptors (Lipinski definition) is 6. The van der Waals surface area contributed by atoms with E-state index in [1.807, 2.05) is 6.92 Å². The van der Waals surface area contributed by atoms with E-state index in [2.05, 4.69) is 4.99 Å². The maximum absolute atomic E-state index is 11.8. The Labute approximate surface area is 125 Å². The van der Waals surface area contributed by atoms with Gasteiger partial charge in [-0.2, -0.15) is 0 Å². The number of esters is 1. The lowest BCUT2D eigenvalue weighted by Gasteiger charge is -2.01. The number of carbonyl (C=O) groups excluding carboxylic acids is 2. The van der Waals surface area contributed by atoms with Crippen LogP contribution in [0.2, 0.25) is 0 Å². The van der Waals surface area contributed by atoms with Gasteiger partial charge in [0, 0.05) is 6.92 Å². The van der Waals surface area contributed by atoms with E-state index >= 15 is 0 Å². The molecule has 1 heterocycles. The molecule has 0 bridgehead atoms. The predicted molar refractivity (Wildman–Crippen MR) is 83.9 cm³/mol. The first kappa shape index (κ1) is 14.9. The Morgan fingerprint density at radius 1 is 1.40 bits per heavy atom. The molecule has 0 amide bonds. The number of rotatable bonds is 3. The lowest BCUT2D eigenvalue weighted by atomic mass is 10.2. The summed E-state index contributed by atoms with van der Waals surface area (Å²) in [6, 6.07) is 6.94. The fourth-order valence-corrected chi connectivity index (χ4v) is 3.27. The van der Waals surface area contributed by atoms with Gasteiger partial charge in [0.25, 0.3) is 0 Å². The fraction of sp³-hybridized carbons (Fsp3) is 0.214. The largest absolute Gasteiger partial charge is 0.427 e. The van der Waals surface area contributed by atoms with Gasteiger partial charge in [0.1, 0.15) is 15.8 Å². The molecule has 20 heavy (non-hydrogen) atoms. The number of carbonyl (C=O) groups is 2. The molecule has 4 nitrogen and oxygen atoms in total. The zero-order valence-electron chi connectivity index (χ0n) is 11.1. The second-order valence-corrected chi connectivity index (χ2v) is 6.37. The van der Waals surface area contributed by atoms with Crippen LogP contribution >= 0.6 is 23.5 Å². The molecule has 1 aromatic rings. The van der Waals surface area contributed by atoms with Crippen molar-refractivity contribution in [1.29, 1.82) is 0 Å². The smallest absolute Gasteiger partial charge is 0.308 e. The molecule has 0 atom stereocenters. The zero-order chi connectivity index (χ0) is 14.5. The molecule has 0 radical (unpaired) electrons. The Hall–Kier alpha value is -1.53. The van der Waals surface area contributed by atoms with Gasteiger partial charge in [0.15, 0.2) is 0 Å². The van der Waals surface area contributed by atoms with Crippen molar-refractivity contribution in [2.75, 3.05) is 5.75 Å². The van der Waals surface area contributed by atoms with Crippen LogP contribution < -0.4 is 4.74 Å². The van der Waals surface area contributed by atoms with Crippen molar-refractivity contribution >= 4 is 45.1 Å². The average molecular weight is 307 g/mol. The van der Waals surface area contributed by atoms with Crippen LogP contribution in [-0.2, 0) is 9.59 Å². The molecule has 0 unspecified atom stereocenters. The van der Waals surface area contributed by atoms with Crippen molar-refractivity contribution in [1.82, 2.24) is 0 Å². The summed E-state index contributed by atoms with van der Waals surface area (Å²) in [7, 11) is 0. The molecule has 0 aliphatic carbocycles. The Bertz CT molecular complexity index is 591. The molecular weight excluding hydrogens is 294 g/mol. The highest BCUT2D eigenvalue weighted by molar-refractivity contribution is 8.45. The fourth-order valence-electron chi connectivity index (χ4n) is 1.53. The molecule has 1 aliphatic heterocycles. The van der Waals surface area contributed by atoms with Gasteiger partial charge in [-0.3, -0.25) is 9.59 Å². The SMILES string of the molecule is CCSC1=NC(=Cc2ccc(OC(C)=O)cc2)C(=O)S1. The van der Waals surface area contributed by atoms with E-state index in [0.717, 1.165) is 15.7 Å². The van der Waals surface area contributed by atoms with Gasteiger partial charge in [-0.05, 0) is 41.3 Å². The third-order valence-corrected chi connectivity index (χ3v) is 4.20. The predicted octanol–water partition coefficient (Wildman–Crippen LogP) is 3.34. The van der Waals surface area contributed by atoms with Crippen molar-refractivity contribution in [2.24, 2.45) is 4.99 Å². The first-order chi connectivity index (χ1) is 9.58. The van der Waals surface area contributed by atoms with Crippen molar-refractivity contribution in [2.45, 2.75) is 13.8 Å². The van der Waals surface area contributed by atoms with Crippen molar-refractivity contribution in [3.05, 3.63) is 35.5 Å². The van der Waals surface area contributed by atoms with E-state index in [1.54, 1.807) is 42.1 Å². The number of nitrogens with zero attached hydrogens (tertiary/aromatic N) is 1. The summed E-state index contributed by atoms with van der Waals surface area (Å²) >= 11 is 2.73. The van der Waals surface area contributed by atoms with Crippen LogP contribution in [0.5, 0.6) is 5.75 Å². The van der Waals surface area contributed by atoms with Gasteiger partial charge in [0.2, 0.25) is 5.12 Å². The van der Waals surface area contributed by atoms with Crippen LogP contribution in [0.25, 0.3) is 6.08 Å². The van der Waals surface area contributed by atoms with Crippen molar-refractivity contribution in [3.63, 3.8) is 0 Å². The minimum Gasteiger partial charge on any atom is -0.427 e. The topological polar surface area (TPSA) is 55.7 Å². The van der Waals surface area contributed by atoms with Crippen LogP contribution in [0.15, 0.2) is 35.0 Å². The van der Waals surface area contributed by atoms with Gasteiger partial charge in [-0.15, -0.1) is 0 Å². The standard InChI is InChI=1S/C14H13NO3S2/c1-3-19-14-15-12(13(17)20-14)8-10-4-6-11(7-5-10)18-9(2)16/h4-8H,3H2,1-2H3. The van der Waals surface area contributed by atoms with Gasteiger partial charge in [-0.25, -0.2) is 4.99 Å². The highest BCUT2D eigenvalue weighted by atomic mass is 32.2. The number of ether oxygens (including phenoxy) is 1. The van der Waals surface area contributed by atoms with E-state index in [-0.39, 0.29) is 11.1 Å². The number of thioether (sulfide) groups is 2. The first-order valence-corrected chi connectivity index (χ1v) is 7.82. The molecule has 0 aromatic heterocycles. The van der Waals surface area contributed by atoms with Crippen LogP contribution in [0.1, 0.15) is 19.4 Å².